The third-order valence-corrected chi connectivity index (χ3v) is 5.33. The van der Waals surface area contributed by atoms with Gasteiger partial charge in [0.15, 0.2) is 0 Å². The molecule has 2 rings (SSSR count). The Morgan fingerprint density at radius 3 is 2.47 bits per heavy atom. The maximum Gasteiger partial charge on any atom is 0.371 e. The van der Waals surface area contributed by atoms with Gasteiger partial charge in [-0.1, -0.05) is 51.0 Å². The van der Waals surface area contributed by atoms with Crippen LogP contribution in [0.2, 0.25) is 0 Å². The van der Waals surface area contributed by atoms with Crippen molar-refractivity contribution in [1.29, 1.82) is 0 Å². The Morgan fingerprint density at radius 2 is 1.82 bits per heavy atom. The zero-order valence-electron chi connectivity index (χ0n) is 20.6. The van der Waals surface area contributed by atoms with Crippen LogP contribution in [0.5, 0.6) is 5.75 Å². The second kappa shape index (κ2) is 13.9. The summed E-state index contributed by atoms with van der Waals surface area (Å²) in [6, 6.07) is 13.2. The van der Waals surface area contributed by atoms with E-state index in [-0.39, 0.29) is 11.8 Å². The Bertz CT molecular complexity index is 987. The summed E-state index contributed by atoms with van der Waals surface area (Å²) in [5.41, 5.74) is 3.23. The predicted octanol–water partition coefficient (Wildman–Crippen LogP) is 5.94. The molecule has 184 valence electrons. The number of amides is 2. The van der Waals surface area contributed by atoms with Crippen LogP contribution in [-0.4, -0.2) is 43.9 Å². The second-order valence-electron chi connectivity index (χ2n) is 7.86. The van der Waals surface area contributed by atoms with E-state index in [0.29, 0.717) is 31.0 Å². The van der Waals surface area contributed by atoms with Crippen LogP contribution in [0, 0.1) is 0 Å². The van der Waals surface area contributed by atoms with Crippen molar-refractivity contribution < 1.29 is 24.2 Å². The number of benzene rings is 2. The highest BCUT2D eigenvalue weighted by atomic mass is 16.5. The molecule has 7 heteroatoms. The van der Waals surface area contributed by atoms with Crippen molar-refractivity contribution in [2.24, 2.45) is 0 Å². The molecule has 0 spiro atoms. The fraction of sp³-hybridized carbons (Fsp3) is 0.407. The standard InChI is InChI=1S/C27H36N2O5/c1-5-8-15-28-27(32)29(7-3)22-12-10-11-21(19-22)23-14-13-20(18-25(33-4)26(30)31)17-24(23)34-16-9-6-2/h10-14,17-19H,5-9,15-16H2,1-4H3,(H,28,32)(H,30,31)/b25-18-. The van der Waals surface area contributed by atoms with Gasteiger partial charge < -0.3 is 19.9 Å². The lowest BCUT2D eigenvalue weighted by molar-refractivity contribution is -0.135. The van der Waals surface area contributed by atoms with E-state index in [4.69, 9.17) is 9.47 Å². The van der Waals surface area contributed by atoms with E-state index in [0.717, 1.165) is 42.5 Å². The van der Waals surface area contributed by atoms with Crippen molar-refractivity contribution >= 4 is 23.8 Å². The number of nitrogens with zero attached hydrogens (tertiary/aromatic N) is 1. The molecule has 2 aromatic rings. The van der Waals surface area contributed by atoms with Gasteiger partial charge in [0, 0.05) is 24.3 Å². The Kier molecular flexibility index (Phi) is 11.0. The average molecular weight is 469 g/mol. The van der Waals surface area contributed by atoms with Crippen LogP contribution in [0.15, 0.2) is 48.2 Å². The van der Waals surface area contributed by atoms with Gasteiger partial charge >= 0.3 is 12.0 Å². The first kappa shape index (κ1) is 26.8. The molecule has 0 unspecified atom stereocenters. The van der Waals surface area contributed by atoms with E-state index in [1.807, 2.05) is 49.4 Å². The first-order valence-electron chi connectivity index (χ1n) is 11.9. The van der Waals surface area contributed by atoms with E-state index in [2.05, 4.69) is 19.2 Å². The number of rotatable bonds is 13. The van der Waals surface area contributed by atoms with E-state index in [9.17, 15) is 14.7 Å². The van der Waals surface area contributed by atoms with Crippen molar-refractivity contribution in [2.75, 3.05) is 31.7 Å². The molecule has 0 atom stereocenters. The maximum absolute atomic E-state index is 12.7. The van der Waals surface area contributed by atoms with Gasteiger partial charge in [-0.25, -0.2) is 9.59 Å². The zero-order chi connectivity index (χ0) is 24.9. The van der Waals surface area contributed by atoms with Gasteiger partial charge in [-0.05, 0) is 55.2 Å². The molecule has 0 bridgehead atoms. The lowest BCUT2D eigenvalue weighted by Crippen LogP contribution is -2.40. The number of ether oxygens (including phenoxy) is 2. The quantitative estimate of drug-likeness (QED) is 0.216. The first-order chi connectivity index (χ1) is 16.4. The molecule has 0 saturated heterocycles. The Balaban J connectivity index is 2.42. The number of carbonyl (C=O) groups is 2. The molecular formula is C27H36N2O5. The molecule has 0 saturated carbocycles. The van der Waals surface area contributed by atoms with E-state index >= 15 is 0 Å². The molecular weight excluding hydrogens is 432 g/mol. The highest BCUT2D eigenvalue weighted by Gasteiger charge is 2.16. The maximum atomic E-state index is 12.7. The highest BCUT2D eigenvalue weighted by molar-refractivity contribution is 5.93. The van der Waals surface area contributed by atoms with Gasteiger partial charge in [0.25, 0.3) is 0 Å². The first-order valence-corrected chi connectivity index (χ1v) is 11.9. The summed E-state index contributed by atoms with van der Waals surface area (Å²) in [5, 5.41) is 12.2. The topological polar surface area (TPSA) is 88.1 Å². The van der Waals surface area contributed by atoms with Crippen LogP contribution in [0.4, 0.5) is 10.5 Å². The number of anilines is 1. The predicted molar refractivity (Wildman–Crippen MR) is 136 cm³/mol. The van der Waals surface area contributed by atoms with E-state index in [1.54, 1.807) is 4.90 Å². The minimum atomic E-state index is -1.13. The van der Waals surface area contributed by atoms with Gasteiger partial charge in [0.2, 0.25) is 5.76 Å². The minimum absolute atomic E-state index is 0.117. The molecule has 0 fully saturated rings. The largest absolute Gasteiger partial charge is 0.493 e. The molecule has 0 radical (unpaired) electrons. The molecule has 0 aliphatic heterocycles. The van der Waals surface area contributed by atoms with Crippen LogP contribution in [0.1, 0.15) is 52.0 Å². The molecule has 2 N–H and O–H groups in total. The van der Waals surface area contributed by atoms with Crippen molar-refractivity contribution in [3.8, 4) is 16.9 Å². The average Bonchev–Trinajstić information content (AvgIpc) is 2.83. The fourth-order valence-corrected chi connectivity index (χ4v) is 3.42. The third-order valence-electron chi connectivity index (χ3n) is 5.33. The molecule has 7 nitrogen and oxygen atoms in total. The van der Waals surface area contributed by atoms with E-state index in [1.165, 1.54) is 13.2 Å². The van der Waals surface area contributed by atoms with Gasteiger partial charge in [-0.15, -0.1) is 0 Å². The molecule has 0 aliphatic carbocycles. The number of nitrogens with one attached hydrogen (secondary N) is 1. The molecule has 34 heavy (non-hydrogen) atoms. The number of carboxylic acid groups (broad SMARTS) is 1. The molecule has 0 aliphatic rings. The SMILES string of the molecule is CCCCNC(=O)N(CC)c1cccc(-c2ccc(/C=C(\OC)C(=O)O)cc2OCCCC)c1. The van der Waals surface area contributed by atoms with Gasteiger partial charge in [0.1, 0.15) is 5.75 Å². The van der Waals surface area contributed by atoms with Crippen LogP contribution in [-0.2, 0) is 9.53 Å². The molecule has 0 aromatic heterocycles. The normalized spacial score (nSPS) is 11.1. The van der Waals surface area contributed by atoms with Gasteiger partial charge in [-0.2, -0.15) is 0 Å². The van der Waals surface area contributed by atoms with Crippen LogP contribution in [0.3, 0.4) is 0 Å². The van der Waals surface area contributed by atoms with Crippen LogP contribution in [0.25, 0.3) is 17.2 Å². The summed E-state index contributed by atoms with van der Waals surface area (Å²) in [4.78, 5) is 25.7. The summed E-state index contributed by atoms with van der Waals surface area (Å²) in [5.74, 6) is -0.637. The molecule has 0 heterocycles. The summed E-state index contributed by atoms with van der Waals surface area (Å²) in [6.07, 6.45) is 5.32. The van der Waals surface area contributed by atoms with E-state index < -0.39 is 5.97 Å². The lowest BCUT2D eigenvalue weighted by atomic mass is 10.0. The van der Waals surface area contributed by atoms with Crippen molar-refractivity contribution in [1.82, 2.24) is 5.32 Å². The van der Waals surface area contributed by atoms with Crippen LogP contribution < -0.4 is 15.0 Å². The van der Waals surface area contributed by atoms with Crippen molar-refractivity contribution in [3.05, 3.63) is 53.8 Å². The number of carbonyl (C=O) groups excluding carboxylic acids is 1. The summed E-state index contributed by atoms with van der Waals surface area (Å²) in [6.45, 7) is 7.87. The monoisotopic (exact) mass is 468 g/mol. The Hall–Kier alpha value is -3.48. The minimum Gasteiger partial charge on any atom is -0.493 e. The number of aliphatic carboxylic acids is 1. The van der Waals surface area contributed by atoms with Gasteiger partial charge in [-0.3, -0.25) is 4.90 Å². The lowest BCUT2D eigenvalue weighted by Gasteiger charge is -2.22. The number of methoxy groups -OCH3 is 1. The molecule has 2 aromatic carbocycles. The highest BCUT2D eigenvalue weighted by Crippen LogP contribution is 2.34. The zero-order valence-corrected chi connectivity index (χ0v) is 20.6. The smallest absolute Gasteiger partial charge is 0.371 e. The number of urea groups is 1. The Morgan fingerprint density at radius 1 is 1.06 bits per heavy atom. The number of hydrogen-bond donors (Lipinski definition) is 2. The summed E-state index contributed by atoms with van der Waals surface area (Å²) < 4.78 is 11.0. The number of carboxylic acids is 1. The van der Waals surface area contributed by atoms with Crippen molar-refractivity contribution in [2.45, 2.75) is 46.5 Å². The summed E-state index contributed by atoms with van der Waals surface area (Å²) in [7, 11) is 1.33. The summed E-state index contributed by atoms with van der Waals surface area (Å²) >= 11 is 0. The molecule has 2 amide bonds. The van der Waals surface area contributed by atoms with Crippen molar-refractivity contribution in [3.63, 3.8) is 0 Å². The third kappa shape index (κ3) is 7.54. The second-order valence-corrected chi connectivity index (χ2v) is 7.86. The number of unbranched alkanes of at least 4 members (excludes halogenated alkanes) is 2. The Labute approximate surface area is 202 Å². The number of hydrogen-bond acceptors (Lipinski definition) is 4. The van der Waals surface area contributed by atoms with Crippen LogP contribution >= 0.6 is 0 Å². The van der Waals surface area contributed by atoms with Gasteiger partial charge in [0.05, 0.1) is 13.7 Å². The fourth-order valence-electron chi connectivity index (χ4n) is 3.42.